The van der Waals surface area contributed by atoms with Gasteiger partial charge in [0.05, 0.1) is 6.54 Å². The zero-order chi connectivity index (χ0) is 16.0. The summed E-state index contributed by atoms with van der Waals surface area (Å²) < 4.78 is 0. The first-order valence-electron chi connectivity index (χ1n) is 8.07. The highest BCUT2D eigenvalue weighted by molar-refractivity contribution is 6.07. The topological polar surface area (TPSA) is 78.5 Å². The van der Waals surface area contributed by atoms with E-state index < -0.39 is 11.6 Å². The van der Waals surface area contributed by atoms with Crippen LogP contribution < -0.4 is 10.6 Å². The van der Waals surface area contributed by atoms with E-state index in [1.165, 1.54) is 11.1 Å². The second-order valence-corrected chi connectivity index (χ2v) is 6.69. The maximum atomic E-state index is 12.6. The fraction of sp³-hybridized carbons (Fsp3) is 0.471. The van der Waals surface area contributed by atoms with Crippen LogP contribution in [0.5, 0.6) is 0 Å². The van der Waals surface area contributed by atoms with Crippen LogP contribution in [0.25, 0.3) is 0 Å². The van der Waals surface area contributed by atoms with Gasteiger partial charge in [-0.15, -0.1) is 0 Å². The van der Waals surface area contributed by atoms with E-state index in [0.717, 1.165) is 12.8 Å². The zero-order valence-electron chi connectivity index (χ0n) is 12.8. The number of hydrogen-bond acceptors (Lipinski definition) is 3. The van der Waals surface area contributed by atoms with Crippen molar-refractivity contribution in [3.63, 3.8) is 0 Å². The Hall–Kier alpha value is -2.37. The molecular formula is C17H19N3O3. The maximum absolute atomic E-state index is 12.6. The van der Waals surface area contributed by atoms with Crippen LogP contribution in [0.4, 0.5) is 4.79 Å². The molecule has 2 N–H and O–H groups in total. The summed E-state index contributed by atoms with van der Waals surface area (Å²) in [4.78, 5) is 37.6. The SMILES string of the molecule is O=C1NC(=O)[C@]2(CCN(C(=O)C[C@H]3CCc4ccccc43)C2)N1. The second kappa shape index (κ2) is 5.08. The first-order chi connectivity index (χ1) is 11.1. The molecule has 2 heterocycles. The Kier molecular flexibility index (Phi) is 3.14. The molecule has 2 aliphatic heterocycles. The molecule has 120 valence electrons. The van der Waals surface area contributed by atoms with E-state index in [2.05, 4.69) is 22.8 Å². The molecule has 4 rings (SSSR count). The molecule has 6 nitrogen and oxygen atoms in total. The summed E-state index contributed by atoms with van der Waals surface area (Å²) in [5, 5.41) is 4.95. The van der Waals surface area contributed by atoms with Gasteiger partial charge in [-0.1, -0.05) is 24.3 Å². The number of imide groups is 1. The fourth-order valence-electron chi connectivity index (χ4n) is 4.04. The third-order valence-electron chi connectivity index (χ3n) is 5.31. The molecular weight excluding hydrogens is 294 g/mol. The third-order valence-corrected chi connectivity index (χ3v) is 5.31. The van der Waals surface area contributed by atoms with Gasteiger partial charge in [-0.25, -0.2) is 4.79 Å². The summed E-state index contributed by atoms with van der Waals surface area (Å²) in [6.45, 7) is 0.790. The van der Waals surface area contributed by atoms with E-state index in [1.807, 2.05) is 12.1 Å². The lowest BCUT2D eigenvalue weighted by molar-refractivity contribution is -0.131. The number of nitrogens with one attached hydrogen (secondary N) is 2. The predicted octanol–water partition coefficient (Wildman–Crippen LogP) is 0.917. The van der Waals surface area contributed by atoms with Crippen molar-refractivity contribution in [2.75, 3.05) is 13.1 Å². The number of likely N-dealkylation sites (tertiary alicyclic amines) is 1. The average Bonchev–Trinajstić information content (AvgIpc) is 3.20. The minimum Gasteiger partial charge on any atom is -0.340 e. The molecule has 3 aliphatic rings. The smallest absolute Gasteiger partial charge is 0.322 e. The first kappa shape index (κ1) is 14.2. The monoisotopic (exact) mass is 313 g/mol. The molecule has 1 aromatic carbocycles. The van der Waals surface area contributed by atoms with Crippen LogP contribution in [0.15, 0.2) is 24.3 Å². The number of fused-ring (bicyclic) bond motifs is 1. The van der Waals surface area contributed by atoms with Crippen LogP contribution in [-0.4, -0.2) is 41.4 Å². The van der Waals surface area contributed by atoms with Crippen LogP contribution in [0.2, 0.25) is 0 Å². The highest BCUT2D eigenvalue weighted by atomic mass is 16.2. The lowest BCUT2D eigenvalue weighted by Gasteiger charge is -2.22. The summed E-state index contributed by atoms with van der Waals surface area (Å²) in [6.07, 6.45) is 2.98. The van der Waals surface area contributed by atoms with E-state index in [4.69, 9.17) is 0 Å². The summed E-state index contributed by atoms with van der Waals surface area (Å²) in [5.41, 5.74) is 1.70. The number of benzene rings is 1. The number of nitrogens with zero attached hydrogens (tertiary/aromatic N) is 1. The van der Waals surface area contributed by atoms with Crippen molar-refractivity contribution >= 4 is 17.8 Å². The van der Waals surface area contributed by atoms with Crippen LogP contribution in [0, 0.1) is 0 Å². The van der Waals surface area contributed by atoms with Crippen LogP contribution in [0.1, 0.15) is 36.3 Å². The van der Waals surface area contributed by atoms with Gasteiger partial charge in [0.25, 0.3) is 5.91 Å². The quantitative estimate of drug-likeness (QED) is 0.797. The maximum Gasteiger partial charge on any atom is 0.322 e. The van der Waals surface area contributed by atoms with Crippen LogP contribution in [-0.2, 0) is 16.0 Å². The van der Waals surface area contributed by atoms with Gasteiger partial charge in [0.1, 0.15) is 5.54 Å². The van der Waals surface area contributed by atoms with Gasteiger partial charge in [0.2, 0.25) is 5.91 Å². The van der Waals surface area contributed by atoms with Crippen molar-refractivity contribution in [2.45, 2.75) is 37.1 Å². The van der Waals surface area contributed by atoms with Crippen molar-refractivity contribution in [2.24, 2.45) is 0 Å². The predicted molar refractivity (Wildman–Crippen MR) is 82.7 cm³/mol. The summed E-state index contributed by atoms with van der Waals surface area (Å²) >= 11 is 0. The molecule has 0 unspecified atom stereocenters. The van der Waals surface area contributed by atoms with Crippen LogP contribution in [0.3, 0.4) is 0 Å². The lowest BCUT2D eigenvalue weighted by Crippen LogP contribution is -2.49. The minimum atomic E-state index is -0.916. The Labute approximate surface area is 134 Å². The van der Waals surface area contributed by atoms with Gasteiger partial charge in [-0.3, -0.25) is 14.9 Å². The Morgan fingerprint density at radius 3 is 2.91 bits per heavy atom. The van der Waals surface area contributed by atoms with Gasteiger partial charge in [-0.2, -0.15) is 0 Å². The molecule has 2 saturated heterocycles. The molecule has 6 heteroatoms. The molecule has 2 atom stereocenters. The van der Waals surface area contributed by atoms with E-state index in [9.17, 15) is 14.4 Å². The highest BCUT2D eigenvalue weighted by Gasteiger charge is 2.51. The molecule has 23 heavy (non-hydrogen) atoms. The Balaban J connectivity index is 1.43. The number of rotatable bonds is 2. The van der Waals surface area contributed by atoms with Crippen molar-refractivity contribution in [1.82, 2.24) is 15.5 Å². The molecule has 1 aromatic rings. The van der Waals surface area contributed by atoms with Crippen molar-refractivity contribution < 1.29 is 14.4 Å². The molecule has 0 saturated carbocycles. The molecule has 1 spiro atoms. The lowest BCUT2D eigenvalue weighted by atomic mass is 9.97. The second-order valence-electron chi connectivity index (χ2n) is 6.69. The first-order valence-corrected chi connectivity index (χ1v) is 8.07. The van der Waals surface area contributed by atoms with Crippen molar-refractivity contribution in [3.8, 4) is 0 Å². The zero-order valence-corrected chi connectivity index (χ0v) is 12.8. The van der Waals surface area contributed by atoms with E-state index in [-0.39, 0.29) is 24.3 Å². The van der Waals surface area contributed by atoms with Crippen molar-refractivity contribution in [1.29, 1.82) is 0 Å². The standard InChI is InChI=1S/C17H19N3O3/c21-14(9-12-6-5-11-3-1-2-4-13(11)12)20-8-7-17(10-20)15(22)18-16(23)19-17/h1-4,12H,5-10H2,(H2,18,19,22,23)/t12-,17-/m1/s1. The molecule has 0 radical (unpaired) electrons. The Morgan fingerprint density at radius 2 is 2.13 bits per heavy atom. The largest absolute Gasteiger partial charge is 0.340 e. The minimum absolute atomic E-state index is 0.0672. The summed E-state index contributed by atoms with van der Waals surface area (Å²) in [7, 11) is 0. The third kappa shape index (κ3) is 2.29. The summed E-state index contributed by atoms with van der Waals surface area (Å²) in [5.74, 6) is 0.0174. The van der Waals surface area contributed by atoms with Gasteiger partial charge in [0, 0.05) is 13.0 Å². The summed E-state index contributed by atoms with van der Waals surface area (Å²) in [6, 6.07) is 7.83. The fourth-order valence-corrected chi connectivity index (χ4v) is 4.04. The van der Waals surface area contributed by atoms with Crippen molar-refractivity contribution in [3.05, 3.63) is 35.4 Å². The molecule has 0 bridgehead atoms. The molecule has 4 amide bonds. The number of urea groups is 1. The number of carbonyl (C=O) groups excluding carboxylic acids is 3. The van der Waals surface area contributed by atoms with Gasteiger partial charge >= 0.3 is 6.03 Å². The number of carbonyl (C=O) groups is 3. The average molecular weight is 313 g/mol. The molecule has 2 fully saturated rings. The highest BCUT2D eigenvalue weighted by Crippen LogP contribution is 2.36. The van der Waals surface area contributed by atoms with Gasteiger partial charge in [0.15, 0.2) is 0 Å². The number of hydrogen-bond donors (Lipinski definition) is 2. The molecule has 1 aliphatic carbocycles. The van der Waals surface area contributed by atoms with Crippen LogP contribution >= 0.6 is 0 Å². The van der Waals surface area contributed by atoms with E-state index >= 15 is 0 Å². The number of aryl methyl sites for hydroxylation is 1. The number of amides is 4. The van der Waals surface area contributed by atoms with Gasteiger partial charge < -0.3 is 10.2 Å². The normalized spacial score (nSPS) is 28.9. The van der Waals surface area contributed by atoms with E-state index in [1.54, 1.807) is 4.90 Å². The van der Waals surface area contributed by atoms with Gasteiger partial charge in [-0.05, 0) is 36.3 Å². The Bertz CT molecular complexity index is 702. The van der Waals surface area contributed by atoms with E-state index in [0.29, 0.717) is 19.4 Å². The molecule has 0 aromatic heterocycles. The Morgan fingerprint density at radius 1 is 1.30 bits per heavy atom.